The molecule has 0 spiro atoms. The van der Waals surface area contributed by atoms with Crippen LogP contribution < -0.4 is 5.73 Å². The van der Waals surface area contributed by atoms with E-state index in [4.69, 9.17) is 10.5 Å². The summed E-state index contributed by atoms with van der Waals surface area (Å²) in [5.74, 6) is -0.216. The number of anilines is 1. The summed E-state index contributed by atoms with van der Waals surface area (Å²) in [6, 6.07) is 6.09. The zero-order valence-electron chi connectivity index (χ0n) is 10.1. The first-order valence-corrected chi connectivity index (χ1v) is 5.88. The summed E-state index contributed by atoms with van der Waals surface area (Å²) in [5, 5.41) is 0. The molecule has 92 valence electrons. The third-order valence-corrected chi connectivity index (χ3v) is 3.03. The molecule has 0 saturated heterocycles. The van der Waals surface area contributed by atoms with E-state index in [0.29, 0.717) is 6.61 Å². The molecule has 0 radical (unpaired) electrons. The first-order chi connectivity index (χ1) is 8.15. The maximum atomic E-state index is 10.7. The van der Waals surface area contributed by atoms with Gasteiger partial charge in [0.25, 0.3) is 0 Å². The van der Waals surface area contributed by atoms with E-state index in [1.807, 2.05) is 12.1 Å². The number of hydrogen-bond donors (Lipinski definition) is 1. The molecule has 0 atom stereocenters. The Labute approximate surface area is 101 Å². The van der Waals surface area contributed by atoms with Crippen LogP contribution in [0.25, 0.3) is 0 Å². The number of nitrogens with two attached hydrogens (primary N) is 1. The maximum absolute atomic E-state index is 10.7. The van der Waals surface area contributed by atoms with Gasteiger partial charge in [0.05, 0.1) is 0 Å². The third kappa shape index (κ3) is 3.20. The lowest BCUT2D eigenvalue weighted by Crippen LogP contribution is -2.33. The number of benzene rings is 1. The van der Waals surface area contributed by atoms with Gasteiger partial charge in [-0.05, 0) is 29.7 Å². The first-order valence-electron chi connectivity index (χ1n) is 5.88. The fraction of sp³-hybridized carbons (Fsp3) is 0.462. The van der Waals surface area contributed by atoms with Crippen molar-refractivity contribution < 1.29 is 9.53 Å². The molecule has 1 aromatic carbocycles. The number of ether oxygens (including phenoxy) is 1. The quantitative estimate of drug-likeness (QED) is 0.630. The largest absolute Gasteiger partial charge is 0.465 e. The Morgan fingerprint density at radius 1 is 1.47 bits per heavy atom. The van der Waals surface area contributed by atoms with E-state index in [2.05, 4.69) is 11.0 Å². The molecular formula is C13H18N2O2. The SMILES string of the molecule is CC(=O)OCCN1CCc2ccc(N)cc2C1. The van der Waals surface area contributed by atoms with E-state index in [0.717, 1.165) is 31.7 Å². The molecule has 4 nitrogen and oxygen atoms in total. The minimum Gasteiger partial charge on any atom is -0.465 e. The molecule has 0 saturated carbocycles. The summed E-state index contributed by atoms with van der Waals surface area (Å²) in [5.41, 5.74) is 9.26. The molecule has 2 rings (SSSR count). The van der Waals surface area contributed by atoms with Gasteiger partial charge in [-0.1, -0.05) is 6.07 Å². The summed E-state index contributed by atoms with van der Waals surface area (Å²) >= 11 is 0. The highest BCUT2D eigenvalue weighted by molar-refractivity contribution is 5.65. The zero-order valence-corrected chi connectivity index (χ0v) is 10.1. The van der Waals surface area contributed by atoms with Crippen molar-refractivity contribution >= 4 is 11.7 Å². The van der Waals surface area contributed by atoms with E-state index >= 15 is 0 Å². The number of nitrogens with zero attached hydrogens (tertiary/aromatic N) is 1. The summed E-state index contributed by atoms with van der Waals surface area (Å²) in [7, 11) is 0. The predicted octanol–water partition coefficient (Wildman–Crippen LogP) is 1.19. The number of rotatable bonds is 3. The number of carbonyl (C=O) groups is 1. The van der Waals surface area contributed by atoms with Crippen molar-refractivity contribution in [2.24, 2.45) is 0 Å². The molecule has 4 heteroatoms. The minimum absolute atomic E-state index is 0.216. The Bertz CT molecular complexity index is 418. The van der Waals surface area contributed by atoms with Crippen molar-refractivity contribution in [1.82, 2.24) is 4.90 Å². The van der Waals surface area contributed by atoms with Gasteiger partial charge in [0, 0.05) is 32.2 Å². The molecule has 0 amide bonds. The van der Waals surface area contributed by atoms with E-state index in [1.54, 1.807) is 0 Å². The molecular weight excluding hydrogens is 216 g/mol. The molecule has 0 aliphatic carbocycles. The molecule has 0 bridgehead atoms. The van der Waals surface area contributed by atoms with Crippen LogP contribution in [0.3, 0.4) is 0 Å². The van der Waals surface area contributed by atoms with Gasteiger partial charge < -0.3 is 10.5 Å². The topological polar surface area (TPSA) is 55.6 Å². The Hall–Kier alpha value is -1.55. The molecule has 0 aromatic heterocycles. The molecule has 1 aliphatic rings. The highest BCUT2D eigenvalue weighted by atomic mass is 16.5. The van der Waals surface area contributed by atoms with Crippen LogP contribution in [0.2, 0.25) is 0 Å². The highest BCUT2D eigenvalue weighted by Gasteiger charge is 2.15. The van der Waals surface area contributed by atoms with Crippen molar-refractivity contribution in [2.75, 3.05) is 25.4 Å². The van der Waals surface area contributed by atoms with Gasteiger partial charge in [0.1, 0.15) is 6.61 Å². The molecule has 0 unspecified atom stereocenters. The lowest BCUT2D eigenvalue weighted by atomic mass is 9.99. The normalized spacial score (nSPS) is 15.4. The van der Waals surface area contributed by atoms with Crippen molar-refractivity contribution in [3.05, 3.63) is 29.3 Å². The first kappa shape index (κ1) is 11.9. The molecule has 1 heterocycles. The van der Waals surface area contributed by atoms with Crippen LogP contribution in [-0.4, -0.2) is 30.6 Å². The van der Waals surface area contributed by atoms with Crippen LogP contribution in [0.5, 0.6) is 0 Å². The van der Waals surface area contributed by atoms with E-state index in [-0.39, 0.29) is 5.97 Å². The summed E-state index contributed by atoms with van der Waals surface area (Å²) < 4.78 is 4.95. The van der Waals surface area contributed by atoms with E-state index < -0.39 is 0 Å². The molecule has 2 N–H and O–H groups in total. The molecule has 0 fully saturated rings. The average molecular weight is 234 g/mol. The third-order valence-electron chi connectivity index (χ3n) is 3.03. The smallest absolute Gasteiger partial charge is 0.302 e. The second-order valence-electron chi connectivity index (χ2n) is 4.39. The Morgan fingerprint density at radius 3 is 3.06 bits per heavy atom. The monoisotopic (exact) mass is 234 g/mol. The summed E-state index contributed by atoms with van der Waals surface area (Å²) in [6.07, 6.45) is 1.04. The lowest BCUT2D eigenvalue weighted by molar-refractivity contribution is -0.141. The van der Waals surface area contributed by atoms with Crippen LogP contribution in [0, 0.1) is 0 Å². The van der Waals surface area contributed by atoms with Crippen molar-refractivity contribution in [2.45, 2.75) is 19.9 Å². The van der Waals surface area contributed by atoms with Gasteiger partial charge in [-0.25, -0.2) is 0 Å². The van der Waals surface area contributed by atoms with Gasteiger partial charge in [0.15, 0.2) is 0 Å². The van der Waals surface area contributed by atoms with Crippen LogP contribution >= 0.6 is 0 Å². The highest BCUT2D eigenvalue weighted by Crippen LogP contribution is 2.20. The van der Waals surface area contributed by atoms with Crippen molar-refractivity contribution in [1.29, 1.82) is 0 Å². The maximum Gasteiger partial charge on any atom is 0.302 e. The number of fused-ring (bicyclic) bond motifs is 1. The van der Waals surface area contributed by atoms with Crippen LogP contribution in [0.15, 0.2) is 18.2 Å². The number of carbonyl (C=O) groups excluding carboxylic acids is 1. The Morgan fingerprint density at radius 2 is 2.29 bits per heavy atom. The second-order valence-corrected chi connectivity index (χ2v) is 4.39. The van der Waals surface area contributed by atoms with Crippen molar-refractivity contribution in [3.8, 4) is 0 Å². The van der Waals surface area contributed by atoms with Crippen LogP contribution in [0.4, 0.5) is 5.69 Å². The zero-order chi connectivity index (χ0) is 12.3. The van der Waals surface area contributed by atoms with Gasteiger partial charge in [-0.2, -0.15) is 0 Å². The standard InChI is InChI=1S/C13H18N2O2/c1-10(16)17-7-6-15-5-4-11-2-3-13(14)8-12(11)9-15/h2-3,8H,4-7,9,14H2,1H3. The average Bonchev–Trinajstić information content (AvgIpc) is 2.28. The van der Waals surface area contributed by atoms with Gasteiger partial charge in [0.2, 0.25) is 0 Å². The van der Waals surface area contributed by atoms with E-state index in [9.17, 15) is 4.79 Å². The Kier molecular flexibility index (Phi) is 3.64. The molecule has 1 aliphatic heterocycles. The van der Waals surface area contributed by atoms with Gasteiger partial charge >= 0.3 is 5.97 Å². The minimum atomic E-state index is -0.216. The summed E-state index contributed by atoms with van der Waals surface area (Å²) in [6.45, 7) is 4.59. The molecule has 17 heavy (non-hydrogen) atoms. The van der Waals surface area contributed by atoms with Crippen molar-refractivity contribution in [3.63, 3.8) is 0 Å². The van der Waals surface area contributed by atoms with Crippen LogP contribution in [0.1, 0.15) is 18.1 Å². The number of esters is 1. The number of hydrogen-bond acceptors (Lipinski definition) is 4. The molecule has 1 aromatic rings. The Balaban J connectivity index is 1.91. The predicted molar refractivity (Wildman–Crippen MR) is 66.5 cm³/mol. The van der Waals surface area contributed by atoms with Gasteiger partial charge in [-0.15, -0.1) is 0 Å². The summed E-state index contributed by atoms with van der Waals surface area (Å²) in [4.78, 5) is 13.0. The fourth-order valence-corrected chi connectivity index (χ4v) is 2.14. The number of nitrogen functional groups attached to an aromatic ring is 1. The second kappa shape index (κ2) is 5.19. The van der Waals surface area contributed by atoms with Gasteiger partial charge in [-0.3, -0.25) is 9.69 Å². The lowest BCUT2D eigenvalue weighted by Gasteiger charge is -2.28. The fourth-order valence-electron chi connectivity index (χ4n) is 2.14. The van der Waals surface area contributed by atoms with E-state index in [1.165, 1.54) is 18.1 Å². The van der Waals surface area contributed by atoms with Crippen LogP contribution in [-0.2, 0) is 22.5 Å².